The number of benzene rings is 1. The van der Waals surface area contributed by atoms with E-state index in [4.69, 9.17) is 0 Å². The van der Waals surface area contributed by atoms with E-state index in [-0.39, 0.29) is 0 Å². The van der Waals surface area contributed by atoms with Crippen LogP contribution in [0.1, 0.15) is 18.9 Å². The SMILES string of the molecule is CCCNc1nc(NCc2ccccc2)c2cn[nH]c2n1. The van der Waals surface area contributed by atoms with E-state index >= 15 is 0 Å². The van der Waals surface area contributed by atoms with E-state index in [1.807, 2.05) is 18.2 Å². The average molecular weight is 282 g/mol. The number of nitrogens with zero attached hydrogens (tertiary/aromatic N) is 3. The molecule has 0 bridgehead atoms. The smallest absolute Gasteiger partial charge is 0.226 e. The Labute approximate surface area is 123 Å². The summed E-state index contributed by atoms with van der Waals surface area (Å²) in [6, 6.07) is 10.2. The van der Waals surface area contributed by atoms with Crippen molar-refractivity contribution in [3.63, 3.8) is 0 Å². The van der Waals surface area contributed by atoms with Gasteiger partial charge in [-0.15, -0.1) is 0 Å². The first-order chi connectivity index (χ1) is 10.4. The number of aromatic amines is 1. The van der Waals surface area contributed by atoms with E-state index in [1.165, 1.54) is 5.56 Å². The fourth-order valence-electron chi connectivity index (χ4n) is 2.07. The van der Waals surface area contributed by atoms with Gasteiger partial charge in [0.2, 0.25) is 5.95 Å². The average Bonchev–Trinajstić information content (AvgIpc) is 3.00. The summed E-state index contributed by atoms with van der Waals surface area (Å²) in [5.41, 5.74) is 1.94. The number of hydrogen-bond acceptors (Lipinski definition) is 5. The standard InChI is InChI=1S/C15H18N6/c1-2-8-16-15-19-13(12-10-18-21-14(12)20-15)17-9-11-6-4-3-5-7-11/h3-7,10H,2,8-9H2,1H3,(H3,16,17,18,19,20,21). The minimum atomic E-state index is 0.615. The molecule has 0 spiro atoms. The Balaban J connectivity index is 1.83. The molecule has 0 aliphatic heterocycles. The van der Waals surface area contributed by atoms with Gasteiger partial charge in [0.25, 0.3) is 0 Å². The highest BCUT2D eigenvalue weighted by Crippen LogP contribution is 2.20. The van der Waals surface area contributed by atoms with Crippen LogP contribution in [0.2, 0.25) is 0 Å². The summed E-state index contributed by atoms with van der Waals surface area (Å²) in [6.07, 6.45) is 2.77. The van der Waals surface area contributed by atoms with Gasteiger partial charge >= 0.3 is 0 Å². The lowest BCUT2D eigenvalue weighted by molar-refractivity contribution is 0.953. The van der Waals surface area contributed by atoms with Crippen LogP contribution in [0.5, 0.6) is 0 Å². The van der Waals surface area contributed by atoms with Gasteiger partial charge in [-0.2, -0.15) is 15.1 Å². The fraction of sp³-hybridized carbons (Fsp3) is 0.267. The number of nitrogens with one attached hydrogen (secondary N) is 3. The van der Waals surface area contributed by atoms with E-state index in [1.54, 1.807) is 6.20 Å². The number of fused-ring (bicyclic) bond motifs is 1. The maximum Gasteiger partial charge on any atom is 0.226 e. The van der Waals surface area contributed by atoms with Crippen molar-refractivity contribution in [3.05, 3.63) is 42.1 Å². The fourth-order valence-corrected chi connectivity index (χ4v) is 2.07. The Morgan fingerprint density at radius 1 is 1.10 bits per heavy atom. The first kappa shape index (κ1) is 13.4. The van der Waals surface area contributed by atoms with Gasteiger partial charge in [0.1, 0.15) is 5.82 Å². The van der Waals surface area contributed by atoms with Crippen LogP contribution in [-0.4, -0.2) is 26.7 Å². The summed E-state index contributed by atoms with van der Waals surface area (Å²) in [5.74, 6) is 1.40. The Morgan fingerprint density at radius 3 is 2.76 bits per heavy atom. The third kappa shape index (κ3) is 3.10. The van der Waals surface area contributed by atoms with E-state index in [9.17, 15) is 0 Å². The number of anilines is 2. The van der Waals surface area contributed by atoms with E-state index in [0.29, 0.717) is 12.5 Å². The monoisotopic (exact) mass is 282 g/mol. The lowest BCUT2D eigenvalue weighted by atomic mass is 10.2. The number of hydrogen-bond donors (Lipinski definition) is 3. The highest BCUT2D eigenvalue weighted by Gasteiger charge is 2.09. The van der Waals surface area contributed by atoms with Crippen LogP contribution in [0.25, 0.3) is 11.0 Å². The second kappa shape index (κ2) is 6.21. The molecule has 0 amide bonds. The molecule has 0 radical (unpaired) electrons. The van der Waals surface area contributed by atoms with E-state index < -0.39 is 0 Å². The second-order valence-corrected chi connectivity index (χ2v) is 4.79. The normalized spacial score (nSPS) is 10.7. The predicted molar refractivity (Wildman–Crippen MR) is 84.2 cm³/mol. The molecular weight excluding hydrogens is 264 g/mol. The van der Waals surface area contributed by atoms with Crippen molar-refractivity contribution in [1.29, 1.82) is 0 Å². The van der Waals surface area contributed by atoms with Crippen molar-refractivity contribution in [2.75, 3.05) is 17.2 Å². The summed E-state index contributed by atoms with van der Waals surface area (Å²) >= 11 is 0. The van der Waals surface area contributed by atoms with Crippen molar-refractivity contribution in [2.24, 2.45) is 0 Å². The zero-order chi connectivity index (χ0) is 14.5. The molecule has 6 nitrogen and oxygen atoms in total. The highest BCUT2D eigenvalue weighted by molar-refractivity contribution is 5.86. The number of H-pyrrole nitrogens is 1. The summed E-state index contributed by atoms with van der Waals surface area (Å²) in [5, 5.41) is 14.4. The molecule has 6 heteroatoms. The molecule has 2 aromatic heterocycles. The lowest BCUT2D eigenvalue weighted by Gasteiger charge is -2.09. The Hall–Kier alpha value is -2.63. The van der Waals surface area contributed by atoms with Crippen LogP contribution in [0.3, 0.4) is 0 Å². The van der Waals surface area contributed by atoms with Gasteiger partial charge in [-0.05, 0) is 12.0 Å². The van der Waals surface area contributed by atoms with Gasteiger partial charge in [-0.3, -0.25) is 5.10 Å². The van der Waals surface area contributed by atoms with Crippen LogP contribution in [0.4, 0.5) is 11.8 Å². The summed E-state index contributed by atoms with van der Waals surface area (Å²) in [7, 11) is 0. The van der Waals surface area contributed by atoms with Crippen molar-refractivity contribution in [3.8, 4) is 0 Å². The minimum Gasteiger partial charge on any atom is -0.365 e. The third-order valence-electron chi connectivity index (χ3n) is 3.15. The maximum atomic E-state index is 4.53. The quantitative estimate of drug-likeness (QED) is 0.648. The molecule has 1 aromatic carbocycles. The van der Waals surface area contributed by atoms with Gasteiger partial charge < -0.3 is 10.6 Å². The van der Waals surface area contributed by atoms with E-state index in [0.717, 1.165) is 29.8 Å². The summed E-state index contributed by atoms with van der Waals surface area (Å²) < 4.78 is 0. The van der Waals surface area contributed by atoms with Gasteiger partial charge in [-0.25, -0.2) is 0 Å². The zero-order valence-electron chi connectivity index (χ0n) is 11.9. The molecule has 108 valence electrons. The minimum absolute atomic E-state index is 0.615. The molecule has 0 saturated heterocycles. The molecule has 0 aliphatic rings. The first-order valence-corrected chi connectivity index (χ1v) is 7.09. The lowest BCUT2D eigenvalue weighted by Crippen LogP contribution is -2.08. The predicted octanol–water partition coefficient (Wildman–Crippen LogP) is 2.79. The molecular formula is C15H18N6. The Kier molecular flexibility index (Phi) is 3.95. The van der Waals surface area contributed by atoms with E-state index in [2.05, 4.69) is 49.9 Å². The van der Waals surface area contributed by atoms with Gasteiger partial charge in [0.05, 0.1) is 11.6 Å². The summed E-state index contributed by atoms with van der Waals surface area (Å²) in [6.45, 7) is 3.67. The highest BCUT2D eigenvalue weighted by atomic mass is 15.2. The van der Waals surface area contributed by atoms with Crippen LogP contribution < -0.4 is 10.6 Å². The summed E-state index contributed by atoms with van der Waals surface area (Å²) in [4.78, 5) is 8.94. The van der Waals surface area contributed by atoms with Crippen LogP contribution in [0, 0.1) is 0 Å². The molecule has 3 N–H and O–H groups in total. The van der Waals surface area contributed by atoms with Gasteiger partial charge in [0, 0.05) is 13.1 Å². The first-order valence-electron chi connectivity index (χ1n) is 7.09. The Bertz CT molecular complexity index is 707. The zero-order valence-corrected chi connectivity index (χ0v) is 11.9. The molecule has 0 saturated carbocycles. The molecule has 3 aromatic rings. The molecule has 3 rings (SSSR count). The number of aromatic nitrogens is 4. The molecule has 0 atom stereocenters. The van der Waals surface area contributed by atoms with Crippen molar-refractivity contribution in [2.45, 2.75) is 19.9 Å². The van der Waals surface area contributed by atoms with Crippen molar-refractivity contribution < 1.29 is 0 Å². The van der Waals surface area contributed by atoms with Crippen LogP contribution in [-0.2, 0) is 6.54 Å². The molecule has 2 heterocycles. The number of rotatable bonds is 6. The largest absolute Gasteiger partial charge is 0.365 e. The van der Waals surface area contributed by atoms with Gasteiger partial charge in [-0.1, -0.05) is 37.3 Å². The molecule has 0 unspecified atom stereocenters. The topological polar surface area (TPSA) is 78.5 Å². The Morgan fingerprint density at radius 2 is 1.95 bits per heavy atom. The van der Waals surface area contributed by atoms with Gasteiger partial charge in [0.15, 0.2) is 5.65 Å². The molecule has 0 fully saturated rings. The third-order valence-corrected chi connectivity index (χ3v) is 3.15. The molecule has 0 aliphatic carbocycles. The van der Waals surface area contributed by atoms with Crippen molar-refractivity contribution >= 4 is 22.8 Å². The van der Waals surface area contributed by atoms with Crippen LogP contribution in [0.15, 0.2) is 36.5 Å². The maximum absolute atomic E-state index is 4.53. The van der Waals surface area contributed by atoms with Crippen molar-refractivity contribution in [1.82, 2.24) is 20.2 Å². The molecule has 21 heavy (non-hydrogen) atoms. The second-order valence-electron chi connectivity index (χ2n) is 4.79. The van der Waals surface area contributed by atoms with Crippen LogP contribution >= 0.6 is 0 Å².